The van der Waals surface area contributed by atoms with Crippen molar-refractivity contribution < 1.29 is 9.53 Å². The molecule has 2 rings (SSSR count). The third kappa shape index (κ3) is 3.06. The molecular weight excluding hydrogens is 254 g/mol. The number of carbonyl (C=O) groups excluding carboxylic acids is 1. The van der Waals surface area contributed by atoms with E-state index in [9.17, 15) is 4.79 Å². The monoisotopic (exact) mass is 267 g/mol. The number of ether oxygens (including phenoxy) is 1. The molecule has 0 bridgehead atoms. The number of nitrogens with two attached hydrogens (primary N) is 1. The summed E-state index contributed by atoms with van der Waals surface area (Å²) in [6.07, 6.45) is 6.68. The van der Waals surface area contributed by atoms with Gasteiger partial charge in [-0.15, -0.1) is 6.42 Å². The SMILES string of the molecule is C#CCOc1ccc2ccccc2c1/C=N\NC(N)=O. The largest absolute Gasteiger partial charge is 0.480 e. The second-order valence-corrected chi connectivity index (χ2v) is 3.93. The van der Waals surface area contributed by atoms with Crippen molar-refractivity contribution in [2.75, 3.05) is 6.61 Å². The topological polar surface area (TPSA) is 76.7 Å². The summed E-state index contributed by atoms with van der Waals surface area (Å²) < 4.78 is 5.48. The summed E-state index contributed by atoms with van der Waals surface area (Å²) in [6, 6.07) is 10.8. The number of hydrazone groups is 1. The van der Waals surface area contributed by atoms with Gasteiger partial charge < -0.3 is 10.5 Å². The van der Waals surface area contributed by atoms with Gasteiger partial charge in [0.2, 0.25) is 0 Å². The quantitative estimate of drug-likeness (QED) is 0.504. The standard InChI is InChI=1S/C15H13N3O2/c1-2-9-20-14-8-7-11-5-3-4-6-12(11)13(14)10-17-18-15(16)19/h1,3-8,10H,9H2,(H3,16,18,19)/b17-10-. The number of urea groups is 1. The number of hydrogen-bond donors (Lipinski definition) is 2. The summed E-state index contributed by atoms with van der Waals surface area (Å²) in [5.74, 6) is 3.00. The maximum Gasteiger partial charge on any atom is 0.332 e. The van der Waals surface area contributed by atoms with Crippen LogP contribution in [0.5, 0.6) is 5.75 Å². The predicted octanol–water partition coefficient (Wildman–Crippen LogP) is 1.85. The van der Waals surface area contributed by atoms with Gasteiger partial charge in [0.05, 0.1) is 6.21 Å². The zero-order valence-electron chi connectivity index (χ0n) is 10.7. The third-order valence-corrected chi connectivity index (χ3v) is 2.61. The average molecular weight is 267 g/mol. The number of carbonyl (C=O) groups is 1. The lowest BCUT2D eigenvalue weighted by Crippen LogP contribution is -2.24. The molecule has 2 aromatic rings. The van der Waals surface area contributed by atoms with Crippen molar-refractivity contribution in [3.05, 3.63) is 42.0 Å². The number of amides is 2. The molecule has 0 saturated heterocycles. The van der Waals surface area contributed by atoms with Gasteiger partial charge in [0.15, 0.2) is 0 Å². The minimum atomic E-state index is -0.729. The van der Waals surface area contributed by atoms with Crippen LogP contribution in [-0.2, 0) is 0 Å². The molecule has 20 heavy (non-hydrogen) atoms. The molecule has 0 heterocycles. The number of hydrogen-bond acceptors (Lipinski definition) is 3. The fraction of sp³-hybridized carbons (Fsp3) is 0.0667. The van der Waals surface area contributed by atoms with Crippen LogP contribution in [0.2, 0.25) is 0 Å². The normalized spacial score (nSPS) is 10.3. The van der Waals surface area contributed by atoms with Crippen LogP contribution in [0.4, 0.5) is 4.79 Å². The Balaban J connectivity index is 2.47. The first-order valence-electron chi connectivity index (χ1n) is 5.89. The molecule has 0 radical (unpaired) electrons. The first-order chi connectivity index (χ1) is 9.72. The Labute approximate surface area is 116 Å². The van der Waals surface area contributed by atoms with Gasteiger partial charge in [0.1, 0.15) is 12.4 Å². The number of nitrogens with one attached hydrogen (secondary N) is 1. The van der Waals surface area contributed by atoms with Crippen molar-refractivity contribution in [3.63, 3.8) is 0 Å². The van der Waals surface area contributed by atoms with Crippen LogP contribution in [0.3, 0.4) is 0 Å². The second-order valence-electron chi connectivity index (χ2n) is 3.93. The van der Waals surface area contributed by atoms with E-state index in [2.05, 4.69) is 16.4 Å². The molecule has 0 unspecified atom stereocenters. The van der Waals surface area contributed by atoms with E-state index >= 15 is 0 Å². The second kappa shape index (κ2) is 6.25. The van der Waals surface area contributed by atoms with Crippen molar-refractivity contribution >= 4 is 23.0 Å². The fourth-order valence-electron chi connectivity index (χ4n) is 1.81. The van der Waals surface area contributed by atoms with Crippen molar-refractivity contribution in [2.45, 2.75) is 0 Å². The molecule has 2 aromatic carbocycles. The van der Waals surface area contributed by atoms with E-state index in [0.717, 1.165) is 16.3 Å². The van der Waals surface area contributed by atoms with E-state index in [1.54, 1.807) is 0 Å². The maximum absolute atomic E-state index is 10.6. The van der Waals surface area contributed by atoms with Crippen LogP contribution in [0.25, 0.3) is 10.8 Å². The van der Waals surface area contributed by atoms with E-state index in [4.69, 9.17) is 16.9 Å². The maximum atomic E-state index is 10.6. The molecule has 0 aliphatic carbocycles. The molecule has 0 aromatic heterocycles. The lowest BCUT2D eigenvalue weighted by Gasteiger charge is -2.09. The first-order valence-corrected chi connectivity index (χ1v) is 5.89. The van der Waals surface area contributed by atoms with E-state index in [1.807, 2.05) is 36.4 Å². The highest BCUT2D eigenvalue weighted by Gasteiger charge is 2.06. The Hall–Kier alpha value is -3.00. The highest BCUT2D eigenvalue weighted by molar-refractivity contribution is 6.02. The summed E-state index contributed by atoms with van der Waals surface area (Å²) in [5.41, 5.74) is 7.85. The Morgan fingerprint density at radius 3 is 2.95 bits per heavy atom. The smallest absolute Gasteiger partial charge is 0.332 e. The van der Waals surface area contributed by atoms with Crippen LogP contribution >= 0.6 is 0 Å². The lowest BCUT2D eigenvalue weighted by molar-refractivity contribution is 0.249. The molecule has 5 heteroatoms. The van der Waals surface area contributed by atoms with Gasteiger partial charge in [-0.3, -0.25) is 0 Å². The van der Waals surface area contributed by atoms with E-state index in [0.29, 0.717) is 5.75 Å². The van der Waals surface area contributed by atoms with Crippen LogP contribution < -0.4 is 15.9 Å². The molecule has 3 N–H and O–H groups in total. The van der Waals surface area contributed by atoms with Gasteiger partial charge in [-0.2, -0.15) is 5.10 Å². The van der Waals surface area contributed by atoms with Crippen LogP contribution in [0.1, 0.15) is 5.56 Å². The lowest BCUT2D eigenvalue weighted by atomic mass is 10.0. The first kappa shape index (κ1) is 13.4. The summed E-state index contributed by atoms with van der Waals surface area (Å²) in [7, 11) is 0. The number of nitrogens with zero attached hydrogens (tertiary/aromatic N) is 1. The van der Waals surface area contributed by atoms with Crippen LogP contribution in [0, 0.1) is 12.3 Å². The fourth-order valence-corrected chi connectivity index (χ4v) is 1.81. The number of benzene rings is 2. The average Bonchev–Trinajstić information content (AvgIpc) is 2.45. The van der Waals surface area contributed by atoms with Gasteiger partial charge in [-0.05, 0) is 16.8 Å². The highest BCUT2D eigenvalue weighted by atomic mass is 16.5. The van der Waals surface area contributed by atoms with Crippen molar-refractivity contribution in [1.29, 1.82) is 0 Å². The number of terminal acetylenes is 1. The molecule has 0 spiro atoms. The van der Waals surface area contributed by atoms with Crippen molar-refractivity contribution in [3.8, 4) is 18.1 Å². The van der Waals surface area contributed by atoms with E-state index in [-0.39, 0.29) is 6.61 Å². The predicted molar refractivity (Wildman–Crippen MR) is 78.6 cm³/mol. The van der Waals surface area contributed by atoms with E-state index in [1.165, 1.54) is 6.21 Å². The van der Waals surface area contributed by atoms with Crippen molar-refractivity contribution in [1.82, 2.24) is 5.43 Å². The summed E-state index contributed by atoms with van der Waals surface area (Å²) in [4.78, 5) is 10.6. The Kier molecular flexibility index (Phi) is 4.20. The zero-order valence-corrected chi connectivity index (χ0v) is 10.7. The summed E-state index contributed by atoms with van der Waals surface area (Å²) in [6.45, 7) is 0.155. The van der Waals surface area contributed by atoms with Crippen LogP contribution in [-0.4, -0.2) is 18.9 Å². The van der Waals surface area contributed by atoms with Crippen LogP contribution in [0.15, 0.2) is 41.5 Å². The van der Waals surface area contributed by atoms with Gasteiger partial charge in [-0.25, -0.2) is 10.2 Å². The van der Waals surface area contributed by atoms with Gasteiger partial charge in [0.25, 0.3) is 0 Å². The molecule has 100 valence electrons. The molecule has 0 aliphatic rings. The van der Waals surface area contributed by atoms with E-state index < -0.39 is 6.03 Å². The molecular formula is C15H13N3O2. The molecule has 0 fully saturated rings. The van der Waals surface area contributed by atoms with Gasteiger partial charge in [-0.1, -0.05) is 36.3 Å². The Morgan fingerprint density at radius 1 is 1.40 bits per heavy atom. The van der Waals surface area contributed by atoms with Crippen molar-refractivity contribution in [2.24, 2.45) is 10.8 Å². The van der Waals surface area contributed by atoms with Gasteiger partial charge >= 0.3 is 6.03 Å². The summed E-state index contributed by atoms with van der Waals surface area (Å²) >= 11 is 0. The minimum Gasteiger partial charge on any atom is -0.480 e. The zero-order chi connectivity index (χ0) is 14.4. The molecule has 2 amide bonds. The Morgan fingerprint density at radius 2 is 2.20 bits per heavy atom. The molecule has 0 aliphatic heterocycles. The Bertz CT molecular complexity index is 702. The number of primary amides is 1. The summed E-state index contributed by atoms with van der Waals surface area (Å²) in [5, 5.41) is 5.75. The molecule has 0 atom stereocenters. The molecule has 0 saturated carbocycles. The number of fused-ring (bicyclic) bond motifs is 1. The molecule has 5 nitrogen and oxygen atoms in total. The third-order valence-electron chi connectivity index (χ3n) is 2.61. The minimum absolute atomic E-state index is 0.155. The highest BCUT2D eigenvalue weighted by Crippen LogP contribution is 2.26. The van der Waals surface area contributed by atoms with Gasteiger partial charge in [0, 0.05) is 5.56 Å². The number of rotatable bonds is 4.